The molecule has 0 radical (unpaired) electrons. The lowest BCUT2D eigenvalue weighted by atomic mass is 10.2. The Morgan fingerprint density at radius 2 is 2.00 bits per heavy atom. The number of carboxylic acid groups (broad SMARTS) is 2. The maximum Gasteiger partial charge on any atom is 0.326 e. The van der Waals surface area contributed by atoms with E-state index in [0.29, 0.717) is 0 Å². The van der Waals surface area contributed by atoms with E-state index < -0.39 is 36.1 Å². The summed E-state index contributed by atoms with van der Waals surface area (Å²) in [5.41, 5.74) is -0.367. The minimum absolute atomic E-state index is 0.367. The van der Waals surface area contributed by atoms with Crippen molar-refractivity contribution in [2.45, 2.75) is 12.5 Å². The highest BCUT2D eigenvalue weighted by atomic mass is 16.4. The number of rotatable bonds is 5. The first-order chi connectivity index (χ1) is 8.41. The van der Waals surface area contributed by atoms with Gasteiger partial charge in [-0.15, -0.1) is 0 Å². The van der Waals surface area contributed by atoms with Gasteiger partial charge in [0, 0.05) is 6.20 Å². The van der Waals surface area contributed by atoms with Crippen molar-refractivity contribution in [3.63, 3.8) is 0 Å². The Morgan fingerprint density at radius 1 is 1.33 bits per heavy atom. The van der Waals surface area contributed by atoms with Crippen LogP contribution < -0.4 is 5.32 Å². The fourth-order valence-corrected chi connectivity index (χ4v) is 1.17. The average molecular weight is 254 g/mol. The summed E-state index contributed by atoms with van der Waals surface area (Å²) in [4.78, 5) is 36.3. The lowest BCUT2D eigenvalue weighted by Crippen LogP contribution is -2.42. The summed E-state index contributed by atoms with van der Waals surface area (Å²) in [6.45, 7) is 0. The van der Waals surface area contributed by atoms with Crippen molar-refractivity contribution in [1.82, 2.24) is 10.3 Å². The second-order valence-corrected chi connectivity index (χ2v) is 3.33. The second-order valence-electron chi connectivity index (χ2n) is 3.33. The predicted molar refractivity (Wildman–Crippen MR) is 57.0 cm³/mol. The van der Waals surface area contributed by atoms with Crippen LogP contribution in [0.5, 0.6) is 5.75 Å². The molecule has 8 heteroatoms. The fraction of sp³-hybridized carbons (Fsp3) is 0.200. The molecule has 18 heavy (non-hydrogen) atoms. The normalized spacial score (nSPS) is 11.6. The molecule has 0 bridgehead atoms. The number of pyridine rings is 1. The smallest absolute Gasteiger partial charge is 0.326 e. The molecule has 1 rings (SSSR count). The molecular formula is C10H10N2O6. The van der Waals surface area contributed by atoms with Crippen LogP contribution >= 0.6 is 0 Å². The molecule has 0 saturated heterocycles. The van der Waals surface area contributed by atoms with Crippen LogP contribution in [-0.4, -0.2) is 44.2 Å². The molecule has 1 heterocycles. The third kappa shape index (κ3) is 3.44. The molecule has 1 aromatic heterocycles. The number of aliphatic carboxylic acids is 2. The van der Waals surface area contributed by atoms with E-state index in [1.165, 1.54) is 18.3 Å². The monoisotopic (exact) mass is 254 g/mol. The van der Waals surface area contributed by atoms with E-state index >= 15 is 0 Å². The van der Waals surface area contributed by atoms with Gasteiger partial charge in [-0.3, -0.25) is 9.59 Å². The van der Waals surface area contributed by atoms with E-state index in [9.17, 15) is 19.5 Å². The minimum atomic E-state index is -1.59. The first-order valence-corrected chi connectivity index (χ1v) is 4.81. The zero-order valence-electron chi connectivity index (χ0n) is 9.03. The molecule has 0 spiro atoms. The summed E-state index contributed by atoms with van der Waals surface area (Å²) in [6.07, 6.45) is 0.469. The molecule has 96 valence electrons. The Balaban J connectivity index is 2.82. The van der Waals surface area contributed by atoms with Crippen LogP contribution in [0.1, 0.15) is 16.9 Å². The van der Waals surface area contributed by atoms with Gasteiger partial charge in [-0.2, -0.15) is 0 Å². The Kier molecular flexibility index (Phi) is 4.19. The number of nitrogens with one attached hydrogen (secondary N) is 1. The van der Waals surface area contributed by atoms with Gasteiger partial charge in [0.1, 0.15) is 11.8 Å². The molecule has 0 aliphatic rings. The molecule has 0 unspecified atom stereocenters. The molecule has 0 saturated carbocycles. The standard InChI is InChI=1S/C10H10N2O6/c13-6-2-1-3-11-8(6)9(16)12-5(10(17)18)4-7(14)15/h1-3,5,13H,4H2,(H,12,16)(H,14,15)(H,17,18)/t5-/m1/s1. The summed E-state index contributed by atoms with van der Waals surface area (Å²) in [5, 5.41) is 28.5. The Morgan fingerprint density at radius 3 is 2.50 bits per heavy atom. The van der Waals surface area contributed by atoms with Crippen LogP contribution in [-0.2, 0) is 9.59 Å². The number of carbonyl (C=O) groups is 3. The van der Waals surface area contributed by atoms with Crippen molar-refractivity contribution in [1.29, 1.82) is 0 Å². The molecule has 1 atom stereocenters. The van der Waals surface area contributed by atoms with Crippen molar-refractivity contribution >= 4 is 17.8 Å². The number of hydrogen-bond donors (Lipinski definition) is 4. The fourth-order valence-electron chi connectivity index (χ4n) is 1.17. The van der Waals surface area contributed by atoms with Gasteiger partial charge >= 0.3 is 11.9 Å². The van der Waals surface area contributed by atoms with E-state index in [-0.39, 0.29) is 5.69 Å². The van der Waals surface area contributed by atoms with Gasteiger partial charge < -0.3 is 20.6 Å². The van der Waals surface area contributed by atoms with Crippen LogP contribution in [0.3, 0.4) is 0 Å². The highest BCUT2D eigenvalue weighted by Gasteiger charge is 2.25. The number of carboxylic acids is 2. The molecular weight excluding hydrogens is 244 g/mol. The number of amides is 1. The van der Waals surface area contributed by atoms with E-state index in [0.717, 1.165) is 0 Å². The zero-order valence-corrected chi connectivity index (χ0v) is 9.03. The van der Waals surface area contributed by atoms with Crippen molar-refractivity contribution in [2.24, 2.45) is 0 Å². The summed E-state index contributed by atoms with van der Waals surface area (Å²) in [5.74, 6) is -4.23. The van der Waals surface area contributed by atoms with Gasteiger partial charge in [0.25, 0.3) is 5.91 Å². The molecule has 1 amide bonds. The summed E-state index contributed by atoms with van der Waals surface area (Å²) < 4.78 is 0. The third-order valence-corrected chi connectivity index (χ3v) is 1.98. The van der Waals surface area contributed by atoms with Crippen LogP contribution in [0.2, 0.25) is 0 Å². The molecule has 4 N–H and O–H groups in total. The van der Waals surface area contributed by atoms with Gasteiger partial charge in [0.2, 0.25) is 0 Å². The second kappa shape index (κ2) is 5.62. The highest BCUT2D eigenvalue weighted by Crippen LogP contribution is 2.12. The van der Waals surface area contributed by atoms with Gasteiger partial charge in [-0.25, -0.2) is 9.78 Å². The van der Waals surface area contributed by atoms with Crippen LogP contribution in [0, 0.1) is 0 Å². The Labute approximate surface area is 101 Å². The maximum atomic E-state index is 11.6. The predicted octanol–water partition coefficient (Wildman–Crippen LogP) is -0.555. The number of hydrogen-bond acceptors (Lipinski definition) is 5. The minimum Gasteiger partial charge on any atom is -0.505 e. The molecule has 0 aliphatic heterocycles. The van der Waals surface area contributed by atoms with Crippen LogP contribution in [0.25, 0.3) is 0 Å². The van der Waals surface area contributed by atoms with Gasteiger partial charge in [-0.1, -0.05) is 0 Å². The van der Waals surface area contributed by atoms with Crippen LogP contribution in [0.15, 0.2) is 18.3 Å². The van der Waals surface area contributed by atoms with E-state index in [1.807, 2.05) is 5.32 Å². The topological polar surface area (TPSA) is 137 Å². The SMILES string of the molecule is O=C(O)C[C@@H](NC(=O)c1ncccc1O)C(=O)O. The van der Waals surface area contributed by atoms with Crippen molar-refractivity contribution in [3.05, 3.63) is 24.0 Å². The van der Waals surface area contributed by atoms with E-state index in [4.69, 9.17) is 10.2 Å². The zero-order chi connectivity index (χ0) is 13.7. The summed E-state index contributed by atoms with van der Waals surface area (Å²) in [6, 6.07) is 1.00. The van der Waals surface area contributed by atoms with Crippen molar-refractivity contribution in [3.8, 4) is 5.75 Å². The number of aromatic nitrogens is 1. The number of nitrogens with zero attached hydrogens (tertiary/aromatic N) is 1. The van der Waals surface area contributed by atoms with Gasteiger partial charge in [-0.05, 0) is 12.1 Å². The van der Waals surface area contributed by atoms with Gasteiger partial charge in [0.15, 0.2) is 5.69 Å². The average Bonchev–Trinajstić information content (AvgIpc) is 2.27. The Hall–Kier alpha value is -2.64. The van der Waals surface area contributed by atoms with Crippen LogP contribution in [0.4, 0.5) is 0 Å². The number of carbonyl (C=O) groups excluding carboxylic acids is 1. The first kappa shape index (κ1) is 13.4. The lowest BCUT2D eigenvalue weighted by Gasteiger charge is -2.12. The quantitative estimate of drug-likeness (QED) is 0.553. The number of aromatic hydroxyl groups is 1. The van der Waals surface area contributed by atoms with Crippen molar-refractivity contribution < 1.29 is 29.7 Å². The lowest BCUT2D eigenvalue weighted by molar-refractivity contribution is -0.145. The molecule has 0 aromatic carbocycles. The van der Waals surface area contributed by atoms with E-state index in [2.05, 4.69) is 4.98 Å². The third-order valence-electron chi connectivity index (χ3n) is 1.98. The molecule has 0 aliphatic carbocycles. The highest BCUT2D eigenvalue weighted by molar-refractivity contribution is 5.97. The summed E-state index contributed by atoms with van der Waals surface area (Å²) in [7, 11) is 0. The first-order valence-electron chi connectivity index (χ1n) is 4.81. The molecule has 8 nitrogen and oxygen atoms in total. The van der Waals surface area contributed by atoms with Crippen molar-refractivity contribution in [2.75, 3.05) is 0 Å². The Bertz CT molecular complexity index is 487. The van der Waals surface area contributed by atoms with Gasteiger partial charge in [0.05, 0.1) is 6.42 Å². The maximum absolute atomic E-state index is 11.6. The molecule has 0 fully saturated rings. The molecule has 1 aromatic rings. The summed E-state index contributed by atoms with van der Waals surface area (Å²) >= 11 is 0. The largest absolute Gasteiger partial charge is 0.505 e. The van der Waals surface area contributed by atoms with E-state index in [1.54, 1.807) is 0 Å².